The lowest BCUT2D eigenvalue weighted by Crippen LogP contribution is -2.37. The summed E-state index contributed by atoms with van der Waals surface area (Å²) in [6, 6.07) is 2.89. The third-order valence-corrected chi connectivity index (χ3v) is 4.59. The van der Waals surface area contributed by atoms with Gasteiger partial charge in [-0.2, -0.15) is 4.39 Å². The van der Waals surface area contributed by atoms with E-state index in [9.17, 15) is 9.18 Å². The van der Waals surface area contributed by atoms with Crippen LogP contribution < -0.4 is 5.32 Å². The molecule has 0 radical (unpaired) electrons. The third-order valence-electron chi connectivity index (χ3n) is 4.59. The number of amides is 1. The van der Waals surface area contributed by atoms with E-state index >= 15 is 0 Å². The maximum absolute atomic E-state index is 12.8. The van der Waals surface area contributed by atoms with Crippen molar-refractivity contribution in [1.29, 1.82) is 0 Å². The summed E-state index contributed by atoms with van der Waals surface area (Å²) >= 11 is 0. The van der Waals surface area contributed by atoms with E-state index in [1.54, 1.807) is 0 Å². The molecule has 2 aliphatic rings. The average Bonchev–Trinajstić information content (AvgIpc) is 3.12. The summed E-state index contributed by atoms with van der Waals surface area (Å²) in [7, 11) is 0. The van der Waals surface area contributed by atoms with Crippen molar-refractivity contribution < 1.29 is 9.18 Å². The van der Waals surface area contributed by atoms with Crippen LogP contribution in [-0.4, -0.2) is 41.5 Å². The van der Waals surface area contributed by atoms with Gasteiger partial charge >= 0.3 is 0 Å². The minimum atomic E-state index is -0.560. The molecule has 0 spiro atoms. The van der Waals surface area contributed by atoms with Crippen molar-refractivity contribution in [3.63, 3.8) is 0 Å². The Morgan fingerprint density at radius 1 is 1.33 bits per heavy atom. The fraction of sp³-hybridized carbons (Fsp3) is 0.625. The molecule has 1 aromatic heterocycles. The van der Waals surface area contributed by atoms with Crippen molar-refractivity contribution in [2.75, 3.05) is 19.6 Å². The predicted molar refractivity (Wildman–Crippen MR) is 78.5 cm³/mol. The topological polar surface area (TPSA) is 45.2 Å². The van der Waals surface area contributed by atoms with Crippen LogP contribution in [0, 0.1) is 11.9 Å². The van der Waals surface area contributed by atoms with Gasteiger partial charge in [0.1, 0.15) is 0 Å². The Balaban J connectivity index is 1.47. The van der Waals surface area contributed by atoms with E-state index in [0.29, 0.717) is 5.56 Å². The van der Waals surface area contributed by atoms with Crippen LogP contribution in [0.3, 0.4) is 0 Å². The first-order valence-corrected chi connectivity index (χ1v) is 7.85. The number of likely N-dealkylation sites (tertiary alicyclic amines) is 1. The smallest absolute Gasteiger partial charge is 0.253 e. The van der Waals surface area contributed by atoms with Crippen LogP contribution in [0.25, 0.3) is 0 Å². The van der Waals surface area contributed by atoms with Gasteiger partial charge < -0.3 is 10.2 Å². The number of pyridine rings is 1. The monoisotopic (exact) mass is 291 g/mol. The first-order chi connectivity index (χ1) is 10.2. The van der Waals surface area contributed by atoms with Crippen LogP contribution in [0.4, 0.5) is 4.39 Å². The van der Waals surface area contributed by atoms with Crippen molar-refractivity contribution in [3.8, 4) is 0 Å². The Bertz CT molecular complexity index is 485. The summed E-state index contributed by atoms with van der Waals surface area (Å²) in [4.78, 5) is 18.1. The zero-order chi connectivity index (χ0) is 14.7. The van der Waals surface area contributed by atoms with Gasteiger partial charge in [0.05, 0.1) is 5.56 Å². The molecule has 2 heterocycles. The van der Waals surface area contributed by atoms with Crippen LogP contribution in [0.15, 0.2) is 18.3 Å². The Kier molecular flexibility index (Phi) is 4.48. The molecule has 5 heteroatoms. The molecular weight excluding hydrogens is 269 g/mol. The van der Waals surface area contributed by atoms with Gasteiger partial charge in [-0.3, -0.25) is 4.79 Å². The first-order valence-electron chi connectivity index (χ1n) is 7.85. The van der Waals surface area contributed by atoms with E-state index in [-0.39, 0.29) is 11.9 Å². The molecule has 1 atom stereocenters. The average molecular weight is 291 g/mol. The van der Waals surface area contributed by atoms with E-state index < -0.39 is 5.95 Å². The molecule has 0 unspecified atom stereocenters. The van der Waals surface area contributed by atoms with Crippen molar-refractivity contribution in [2.45, 2.75) is 38.1 Å². The molecule has 4 nitrogen and oxygen atoms in total. The highest BCUT2D eigenvalue weighted by molar-refractivity contribution is 5.94. The highest BCUT2D eigenvalue weighted by atomic mass is 19.1. The van der Waals surface area contributed by atoms with Crippen LogP contribution in [-0.2, 0) is 0 Å². The van der Waals surface area contributed by atoms with E-state index in [0.717, 1.165) is 25.4 Å². The molecule has 1 N–H and O–H groups in total. The van der Waals surface area contributed by atoms with Gasteiger partial charge in [-0.15, -0.1) is 0 Å². The molecule has 1 aliphatic carbocycles. The number of rotatable bonds is 4. The molecule has 1 aliphatic heterocycles. The second-order valence-electron chi connectivity index (χ2n) is 6.24. The van der Waals surface area contributed by atoms with Crippen molar-refractivity contribution in [1.82, 2.24) is 15.2 Å². The number of hydrogen-bond donors (Lipinski definition) is 1. The number of nitrogens with zero attached hydrogens (tertiary/aromatic N) is 2. The van der Waals surface area contributed by atoms with Gasteiger partial charge in [-0.25, -0.2) is 4.98 Å². The second-order valence-corrected chi connectivity index (χ2v) is 6.24. The van der Waals surface area contributed by atoms with Crippen LogP contribution in [0.5, 0.6) is 0 Å². The maximum Gasteiger partial charge on any atom is 0.253 e. The SMILES string of the molecule is O=C(N[C@H]1CCN(CC2CCCC2)C1)c1ccc(F)nc1. The number of nitrogens with one attached hydrogen (secondary N) is 1. The molecule has 0 aromatic carbocycles. The summed E-state index contributed by atoms with van der Waals surface area (Å²) < 4.78 is 12.8. The van der Waals surface area contributed by atoms with E-state index in [1.165, 1.54) is 50.6 Å². The summed E-state index contributed by atoms with van der Waals surface area (Å²) in [5, 5.41) is 3.03. The lowest BCUT2D eigenvalue weighted by molar-refractivity contribution is 0.0937. The van der Waals surface area contributed by atoms with Crippen molar-refractivity contribution in [2.24, 2.45) is 5.92 Å². The highest BCUT2D eigenvalue weighted by Gasteiger charge is 2.27. The van der Waals surface area contributed by atoms with Gasteiger partial charge in [0.15, 0.2) is 0 Å². The molecule has 3 rings (SSSR count). The van der Waals surface area contributed by atoms with E-state index in [1.807, 2.05) is 0 Å². The number of hydrogen-bond acceptors (Lipinski definition) is 3. The quantitative estimate of drug-likeness (QED) is 0.865. The van der Waals surface area contributed by atoms with Gasteiger partial charge in [0.2, 0.25) is 5.95 Å². The molecule has 1 saturated carbocycles. The molecule has 0 bridgehead atoms. The second kappa shape index (κ2) is 6.52. The molecule has 1 saturated heterocycles. The fourth-order valence-electron chi connectivity index (χ4n) is 3.45. The minimum absolute atomic E-state index is 0.157. The van der Waals surface area contributed by atoms with Crippen LogP contribution in [0.1, 0.15) is 42.5 Å². The fourth-order valence-corrected chi connectivity index (χ4v) is 3.45. The standard InChI is InChI=1S/C16H22FN3O/c17-15-6-5-13(9-18-15)16(21)19-14-7-8-20(11-14)10-12-3-1-2-4-12/h5-6,9,12,14H,1-4,7-8,10-11H2,(H,19,21)/t14-/m0/s1. The van der Waals surface area contributed by atoms with Gasteiger partial charge in [0.25, 0.3) is 5.91 Å². The predicted octanol–water partition coefficient (Wildman–Crippen LogP) is 2.21. The summed E-state index contributed by atoms with van der Waals surface area (Å²) in [6.07, 6.45) is 7.74. The summed E-state index contributed by atoms with van der Waals surface area (Å²) in [5.41, 5.74) is 0.422. The Morgan fingerprint density at radius 2 is 2.14 bits per heavy atom. The van der Waals surface area contributed by atoms with Gasteiger partial charge in [-0.05, 0) is 37.3 Å². The zero-order valence-corrected chi connectivity index (χ0v) is 12.2. The van der Waals surface area contributed by atoms with Gasteiger partial charge in [-0.1, -0.05) is 12.8 Å². The normalized spacial score (nSPS) is 23.6. The molecule has 1 amide bonds. The number of halogens is 1. The lowest BCUT2D eigenvalue weighted by atomic mass is 10.1. The maximum atomic E-state index is 12.8. The Morgan fingerprint density at radius 3 is 2.86 bits per heavy atom. The molecule has 2 fully saturated rings. The van der Waals surface area contributed by atoms with Crippen molar-refractivity contribution in [3.05, 3.63) is 29.8 Å². The first kappa shape index (κ1) is 14.4. The zero-order valence-electron chi connectivity index (χ0n) is 12.2. The molecular formula is C16H22FN3O. The molecule has 114 valence electrons. The molecule has 1 aromatic rings. The van der Waals surface area contributed by atoms with E-state index in [4.69, 9.17) is 0 Å². The minimum Gasteiger partial charge on any atom is -0.348 e. The highest BCUT2D eigenvalue weighted by Crippen LogP contribution is 2.26. The largest absolute Gasteiger partial charge is 0.348 e. The summed E-state index contributed by atoms with van der Waals surface area (Å²) in [6.45, 7) is 3.16. The van der Waals surface area contributed by atoms with Crippen LogP contribution in [0.2, 0.25) is 0 Å². The Labute approximate surface area is 124 Å². The molecule has 21 heavy (non-hydrogen) atoms. The number of carbonyl (C=O) groups excluding carboxylic acids is 1. The van der Waals surface area contributed by atoms with E-state index in [2.05, 4.69) is 15.2 Å². The number of aromatic nitrogens is 1. The summed E-state index contributed by atoms with van der Waals surface area (Å²) in [5.74, 6) is 0.131. The van der Waals surface area contributed by atoms with Gasteiger partial charge in [0, 0.05) is 31.9 Å². The third kappa shape index (κ3) is 3.79. The van der Waals surface area contributed by atoms with Crippen LogP contribution >= 0.6 is 0 Å². The Hall–Kier alpha value is -1.49. The van der Waals surface area contributed by atoms with Crippen molar-refractivity contribution >= 4 is 5.91 Å². The number of carbonyl (C=O) groups is 1. The lowest BCUT2D eigenvalue weighted by Gasteiger charge is -2.20.